The van der Waals surface area contributed by atoms with Crippen LogP contribution in [0.4, 0.5) is 0 Å². The highest BCUT2D eigenvalue weighted by Gasteiger charge is 2.56. The number of hydrogen-bond donors (Lipinski definition) is 0. The van der Waals surface area contributed by atoms with Gasteiger partial charge in [-0.05, 0) is 97.8 Å². The molecule has 0 amide bonds. The number of carbonyl (C=O) groups is 6. The second-order valence-electron chi connectivity index (χ2n) is 21.8. The molecule has 16 atom stereocenters. The third kappa shape index (κ3) is 20.9. The molecule has 1 aromatic carbocycles. The van der Waals surface area contributed by atoms with Gasteiger partial charge in [0, 0.05) is 80.9 Å². The third-order valence-electron chi connectivity index (χ3n) is 15.1. The molecule has 0 unspecified atom stereocenters. The van der Waals surface area contributed by atoms with Crippen molar-refractivity contribution in [3.8, 4) is 0 Å². The third-order valence-corrected chi connectivity index (χ3v) is 15.1. The van der Waals surface area contributed by atoms with Gasteiger partial charge in [-0.3, -0.25) is 33.7 Å². The molecule has 0 saturated carbocycles. The fraction of sp³-hybridized carbons (Fsp3) is 0.793. The van der Waals surface area contributed by atoms with Crippen molar-refractivity contribution in [1.29, 1.82) is 0 Å². The van der Waals surface area contributed by atoms with E-state index in [-0.39, 0.29) is 38.0 Å². The van der Waals surface area contributed by atoms with Gasteiger partial charge in [0.1, 0.15) is 30.5 Å². The summed E-state index contributed by atoms with van der Waals surface area (Å²) in [7, 11) is 7.99. The van der Waals surface area contributed by atoms with Crippen LogP contribution in [0.15, 0.2) is 30.3 Å². The number of ether oxygens (including phenoxy) is 13. The summed E-state index contributed by atoms with van der Waals surface area (Å²) in [4.78, 5) is 83.1. The minimum absolute atomic E-state index is 0.0241. The van der Waals surface area contributed by atoms with E-state index in [4.69, 9.17) is 61.6 Å². The maximum absolute atomic E-state index is 14.1. The quantitative estimate of drug-likeness (QED) is 0.0493. The number of unbranched alkanes of at least 4 members (excludes halogenated alkanes) is 2. The number of methoxy groups -OCH3 is 3. The average Bonchev–Trinajstić information content (AvgIpc) is 3.42. The SMILES string of the molecule is CCC(=O)O[C@@H]1CC(=O)O[C@H](C)CCN(CCCCCc2ccccc2)C[C@H](OC(C)=O)[C@H](C)C[C@H](CC(OC)OC)[C@H](O[C@@H]2O[C@H](C)[C@@H](O[C@H]3C[C@@](C)(OC(C)=O)[C@@H](OC(=O)CC)[C@H](C)O3)[C@H](N(C)C)[C@H]2OC(C)=O)[C@H]1OC. The molecule has 0 bridgehead atoms. The molecule has 0 aliphatic carbocycles. The van der Waals surface area contributed by atoms with E-state index in [9.17, 15) is 28.8 Å². The van der Waals surface area contributed by atoms with E-state index in [1.54, 1.807) is 48.7 Å². The first kappa shape index (κ1) is 67.2. The van der Waals surface area contributed by atoms with Gasteiger partial charge in [0.05, 0.1) is 30.8 Å². The van der Waals surface area contributed by atoms with Crippen LogP contribution < -0.4 is 0 Å². The second-order valence-corrected chi connectivity index (χ2v) is 21.8. The lowest BCUT2D eigenvalue weighted by Gasteiger charge is -2.51. The van der Waals surface area contributed by atoms with Gasteiger partial charge in [-0.15, -0.1) is 0 Å². The zero-order valence-electron chi connectivity index (χ0n) is 49.7. The van der Waals surface area contributed by atoms with Crippen molar-refractivity contribution in [2.75, 3.05) is 55.1 Å². The minimum atomic E-state index is -1.39. The Hall–Kier alpha value is -4.32. The molecule has 0 N–H and O–H groups in total. The van der Waals surface area contributed by atoms with E-state index in [0.29, 0.717) is 26.1 Å². The first-order valence-corrected chi connectivity index (χ1v) is 28.2. The van der Waals surface area contributed by atoms with Gasteiger partial charge in [-0.25, -0.2) is 0 Å². The molecule has 79 heavy (non-hydrogen) atoms. The number of nitrogens with zero attached hydrogens (tertiary/aromatic N) is 2. The Kier molecular flexibility index (Phi) is 28.0. The highest BCUT2D eigenvalue weighted by Crippen LogP contribution is 2.40. The van der Waals surface area contributed by atoms with Crippen molar-refractivity contribution in [3.63, 3.8) is 0 Å². The van der Waals surface area contributed by atoms with Gasteiger partial charge in [-0.1, -0.05) is 57.5 Å². The molecule has 4 rings (SSSR count). The molecule has 1 aromatic rings. The van der Waals surface area contributed by atoms with Crippen LogP contribution in [0.3, 0.4) is 0 Å². The van der Waals surface area contributed by atoms with Crippen LogP contribution in [0.25, 0.3) is 0 Å². The van der Waals surface area contributed by atoms with Crippen LogP contribution in [0.5, 0.6) is 0 Å². The molecular weight excluding hydrogens is 1030 g/mol. The molecule has 450 valence electrons. The highest BCUT2D eigenvalue weighted by atomic mass is 16.7. The predicted molar refractivity (Wildman–Crippen MR) is 288 cm³/mol. The lowest BCUT2D eigenvalue weighted by molar-refractivity contribution is -0.346. The van der Waals surface area contributed by atoms with E-state index < -0.39 is 140 Å². The van der Waals surface area contributed by atoms with Crippen molar-refractivity contribution in [2.24, 2.45) is 11.8 Å². The molecular formula is C58H94N2O19. The van der Waals surface area contributed by atoms with Crippen LogP contribution in [0.1, 0.15) is 139 Å². The Balaban J connectivity index is 1.83. The zero-order chi connectivity index (χ0) is 58.6. The smallest absolute Gasteiger partial charge is 0.309 e. The van der Waals surface area contributed by atoms with Crippen LogP contribution >= 0.6 is 0 Å². The summed E-state index contributed by atoms with van der Waals surface area (Å²) >= 11 is 0. The van der Waals surface area contributed by atoms with Crippen molar-refractivity contribution in [1.82, 2.24) is 9.80 Å². The second kappa shape index (κ2) is 33.0. The molecule has 3 saturated heterocycles. The summed E-state index contributed by atoms with van der Waals surface area (Å²) in [5, 5.41) is 0. The Morgan fingerprint density at radius 3 is 2.01 bits per heavy atom. The van der Waals surface area contributed by atoms with Crippen molar-refractivity contribution >= 4 is 35.8 Å². The maximum atomic E-state index is 14.1. The summed E-state index contributed by atoms with van der Waals surface area (Å²) < 4.78 is 81.5. The van der Waals surface area contributed by atoms with E-state index in [2.05, 4.69) is 17.0 Å². The molecule has 21 heteroatoms. The van der Waals surface area contributed by atoms with Crippen LogP contribution in [0, 0.1) is 11.8 Å². The van der Waals surface area contributed by atoms with E-state index in [0.717, 1.165) is 25.7 Å². The van der Waals surface area contributed by atoms with Crippen LogP contribution in [-0.4, -0.2) is 192 Å². The largest absolute Gasteiger partial charge is 0.463 e. The predicted octanol–water partition coefficient (Wildman–Crippen LogP) is 6.50. The normalized spacial score (nSPS) is 32.5. The van der Waals surface area contributed by atoms with E-state index in [1.165, 1.54) is 47.7 Å². The van der Waals surface area contributed by atoms with Gasteiger partial charge in [0.2, 0.25) is 0 Å². The fourth-order valence-corrected chi connectivity index (χ4v) is 11.2. The number of aryl methyl sites for hydroxylation is 1. The summed E-state index contributed by atoms with van der Waals surface area (Å²) in [6.45, 7) is 17.7. The molecule has 3 fully saturated rings. The Morgan fingerprint density at radius 1 is 0.759 bits per heavy atom. The molecule has 3 aliphatic rings. The van der Waals surface area contributed by atoms with Crippen LogP contribution in [0.2, 0.25) is 0 Å². The fourth-order valence-electron chi connectivity index (χ4n) is 11.2. The van der Waals surface area contributed by atoms with Crippen molar-refractivity contribution < 1.29 is 90.3 Å². The monoisotopic (exact) mass is 1120 g/mol. The molecule has 0 radical (unpaired) electrons. The number of benzene rings is 1. The summed E-state index contributed by atoms with van der Waals surface area (Å²) in [5.41, 5.74) is -0.0842. The van der Waals surface area contributed by atoms with E-state index >= 15 is 0 Å². The first-order chi connectivity index (χ1) is 37.4. The number of rotatable bonds is 23. The van der Waals surface area contributed by atoms with Crippen LogP contribution in [-0.2, 0) is 96.8 Å². The van der Waals surface area contributed by atoms with Gasteiger partial charge in [0.15, 0.2) is 36.7 Å². The Bertz CT molecular complexity index is 2040. The zero-order valence-corrected chi connectivity index (χ0v) is 49.7. The molecule has 3 heterocycles. The molecule has 3 aliphatic heterocycles. The van der Waals surface area contributed by atoms with Gasteiger partial charge < -0.3 is 66.5 Å². The maximum Gasteiger partial charge on any atom is 0.309 e. The number of likely N-dealkylation sites (N-methyl/N-ethyl adjacent to an activating group) is 1. The Labute approximate surface area is 468 Å². The lowest BCUT2D eigenvalue weighted by Crippen LogP contribution is -2.67. The van der Waals surface area contributed by atoms with E-state index in [1.807, 2.05) is 36.9 Å². The molecule has 0 spiro atoms. The summed E-state index contributed by atoms with van der Waals surface area (Å²) in [6.07, 6.45) is -8.54. The first-order valence-electron chi connectivity index (χ1n) is 28.2. The van der Waals surface area contributed by atoms with Gasteiger partial charge >= 0.3 is 35.8 Å². The number of cyclic esters (lactones) is 1. The van der Waals surface area contributed by atoms with Gasteiger partial charge in [0.25, 0.3) is 0 Å². The number of carbonyl (C=O) groups excluding carboxylic acids is 6. The topological polar surface area (TPSA) is 229 Å². The van der Waals surface area contributed by atoms with Crippen molar-refractivity contribution in [3.05, 3.63) is 35.9 Å². The standard InChI is InChI=1S/C58H94N2O19/c1-16-46(64)75-44-32-48(66)70-36(4)27-29-60(28-23-19-22-26-42-24-20-18-21-25-42)34-45(73-39(7)61)35(3)30-43(31-49(67-13)68-14)53(54(44)69-15)78-57-55(74-40(8)62)51(59(11)12)52(37(5)72-57)77-50-33-58(10,79-41(9)63)56(38(6)71-50)76-47(65)17-2/h18,20-21,24-25,35-38,43-45,49-57H,16-17,19,22-23,26-34H2,1-15H3/t35-,36-,37-,38+,43-,44-,45+,50+,51+,52-,53+,54+,55-,56+,57+,58-/m1/s1. The Morgan fingerprint density at radius 2 is 1.42 bits per heavy atom. The minimum Gasteiger partial charge on any atom is -0.463 e. The van der Waals surface area contributed by atoms with Crippen molar-refractivity contribution in [2.45, 2.75) is 231 Å². The molecule has 0 aromatic heterocycles. The number of hydrogen-bond acceptors (Lipinski definition) is 21. The number of esters is 6. The lowest BCUT2D eigenvalue weighted by atomic mass is 9.81. The average molecular weight is 1120 g/mol. The highest BCUT2D eigenvalue weighted by molar-refractivity contribution is 5.73. The summed E-state index contributed by atoms with van der Waals surface area (Å²) in [5.74, 6) is -4.50. The summed E-state index contributed by atoms with van der Waals surface area (Å²) in [6, 6.07) is 9.53. The molecule has 21 nitrogen and oxygen atoms in total. The van der Waals surface area contributed by atoms with Gasteiger partial charge in [-0.2, -0.15) is 0 Å².